The first-order valence-electron chi connectivity index (χ1n) is 21.4. The van der Waals surface area contributed by atoms with Crippen LogP contribution in [0.5, 0.6) is 0 Å². The molecule has 364 valence electrons. The largest absolute Gasteiger partial charge is 0.463 e. The zero-order valence-electron chi connectivity index (χ0n) is 39.0. The third-order valence-electron chi connectivity index (χ3n) is 10.5. The number of hydrogen-bond acceptors (Lipinski definition) is 18. The van der Waals surface area contributed by atoms with Crippen molar-refractivity contribution in [2.75, 3.05) is 33.4 Å². The van der Waals surface area contributed by atoms with Gasteiger partial charge in [-0.3, -0.25) is 4.79 Å². The predicted octanol–water partition coefficient (Wildman–Crippen LogP) is 1.89. The topological polar surface area (TPSA) is 289 Å². The van der Waals surface area contributed by atoms with Crippen molar-refractivity contribution in [1.29, 1.82) is 0 Å². The Balaban J connectivity index is 1.60. The zero-order chi connectivity index (χ0) is 47.7. The van der Waals surface area contributed by atoms with Gasteiger partial charge in [0.1, 0.15) is 40.3 Å². The van der Waals surface area contributed by atoms with Gasteiger partial charge in [-0.2, -0.15) is 5.06 Å². The molecule has 12 atom stereocenters. The number of hydrogen-bond donors (Lipinski definition) is 7. The molecular weight excluding hydrogens is 834 g/mol. The number of rotatable bonds is 12. The maximum absolute atomic E-state index is 14.1. The molecule has 3 saturated heterocycles. The van der Waals surface area contributed by atoms with E-state index in [0.29, 0.717) is 32.5 Å². The Hall–Kier alpha value is -3.16. The number of carboxylic acid groups (broad SMARTS) is 1. The second kappa shape index (κ2) is 19.7. The molecule has 4 rings (SSSR count). The first kappa shape index (κ1) is 52.5. The molecule has 63 heavy (non-hydrogen) atoms. The number of amides is 3. The number of carbonyl (C=O) groups excluding carboxylic acids is 3. The third-order valence-corrected chi connectivity index (χ3v) is 10.5. The summed E-state index contributed by atoms with van der Waals surface area (Å²) < 4.78 is 46.7. The first-order valence-corrected chi connectivity index (χ1v) is 21.4. The molecule has 0 spiro atoms. The van der Waals surface area contributed by atoms with E-state index >= 15 is 0 Å². The number of nitrogens with two attached hydrogens (primary N) is 1. The van der Waals surface area contributed by atoms with Gasteiger partial charge in [0.05, 0.1) is 49.5 Å². The summed E-state index contributed by atoms with van der Waals surface area (Å²) in [4.78, 5) is 59.9. The number of esters is 1. The van der Waals surface area contributed by atoms with Crippen LogP contribution in [0.15, 0.2) is 0 Å². The number of aliphatic hydroxyl groups is 3. The minimum atomic E-state index is -2.21. The Labute approximate surface area is 369 Å². The molecule has 22 heteroatoms. The average Bonchev–Trinajstić information content (AvgIpc) is 3.45. The van der Waals surface area contributed by atoms with E-state index in [2.05, 4.69) is 10.6 Å². The monoisotopic (exact) mass is 908 g/mol. The van der Waals surface area contributed by atoms with E-state index in [9.17, 15) is 39.6 Å². The molecule has 1 saturated carbocycles. The summed E-state index contributed by atoms with van der Waals surface area (Å²) in [5, 5.41) is 51.6. The molecule has 0 aromatic rings. The highest BCUT2D eigenvalue weighted by Gasteiger charge is 2.57. The van der Waals surface area contributed by atoms with Gasteiger partial charge in [-0.1, -0.05) is 0 Å². The summed E-state index contributed by atoms with van der Waals surface area (Å²) >= 11 is 0. The van der Waals surface area contributed by atoms with E-state index in [-0.39, 0.29) is 11.2 Å². The number of carbonyl (C=O) groups is 4. The van der Waals surface area contributed by atoms with Crippen LogP contribution < -0.4 is 16.4 Å². The molecule has 3 heterocycles. The SMILES string of the molecule is CN(C(=O)OC(C)(C)C)[C@@H]1[C@@H](O)[C@@H](ON(C(=O)O)C2(N)C[C@H](C(=O)OC(C)(C)C)[C@@H](O[C@H]3O[C@H](CNCC4COC(C)(C)O4)CC[C@H]3NC(=O)OC(C)(C)C)[C@@H](O)C2)OC[C@]1(C)O. The quantitative estimate of drug-likeness (QED) is 0.0637. The van der Waals surface area contributed by atoms with Gasteiger partial charge in [0.25, 0.3) is 0 Å². The molecule has 0 bridgehead atoms. The zero-order valence-corrected chi connectivity index (χ0v) is 39.0. The lowest BCUT2D eigenvalue weighted by atomic mass is 9.77. The van der Waals surface area contributed by atoms with Crippen molar-refractivity contribution in [1.82, 2.24) is 20.6 Å². The van der Waals surface area contributed by atoms with E-state index in [1.165, 1.54) is 14.0 Å². The summed E-state index contributed by atoms with van der Waals surface area (Å²) in [7, 11) is 1.28. The van der Waals surface area contributed by atoms with E-state index < -0.39 is 133 Å². The molecule has 4 aliphatic rings. The maximum Gasteiger partial charge on any atom is 0.433 e. The molecule has 3 aliphatic heterocycles. The lowest BCUT2D eigenvalue weighted by Crippen LogP contribution is -2.71. The van der Waals surface area contributed by atoms with Crippen molar-refractivity contribution in [2.24, 2.45) is 11.7 Å². The highest BCUT2D eigenvalue weighted by Crippen LogP contribution is 2.40. The first-order chi connectivity index (χ1) is 28.7. The molecule has 0 aromatic heterocycles. The molecule has 3 amide bonds. The summed E-state index contributed by atoms with van der Waals surface area (Å²) in [6.07, 6.45) is -12.5. The number of nitrogens with one attached hydrogen (secondary N) is 2. The molecule has 8 N–H and O–H groups in total. The second-order valence-electron chi connectivity index (χ2n) is 20.6. The van der Waals surface area contributed by atoms with Crippen LogP contribution in [0.4, 0.5) is 14.4 Å². The van der Waals surface area contributed by atoms with E-state index in [1.807, 2.05) is 13.8 Å². The van der Waals surface area contributed by atoms with Crippen LogP contribution in [0.2, 0.25) is 0 Å². The van der Waals surface area contributed by atoms with Crippen molar-refractivity contribution < 1.29 is 82.3 Å². The summed E-state index contributed by atoms with van der Waals surface area (Å²) in [5.74, 6) is -3.08. The van der Waals surface area contributed by atoms with E-state index in [1.54, 1.807) is 62.3 Å². The van der Waals surface area contributed by atoms with Gasteiger partial charge in [0, 0.05) is 33.0 Å². The second-order valence-corrected chi connectivity index (χ2v) is 20.6. The van der Waals surface area contributed by atoms with Gasteiger partial charge >= 0.3 is 24.2 Å². The Bertz CT molecular complexity index is 1600. The number of nitrogens with zero attached hydrogens (tertiary/aromatic N) is 2. The molecule has 0 radical (unpaired) electrons. The number of aliphatic hydroxyl groups excluding tert-OH is 2. The van der Waals surface area contributed by atoms with Gasteiger partial charge in [-0.15, -0.1) is 0 Å². The highest BCUT2D eigenvalue weighted by atomic mass is 16.8. The Morgan fingerprint density at radius 3 is 2.02 bits per heavy atom. The molecule has 2 unspecified atom stereocenters. The molecule has 0 aromatic carbocycles. The lowest BCUT2D eigenvalue weighted by Gasteiger charge is -2.51. The van der Waals surface area contributed by atoms with Gasteiger partial charge in [-0.05, 0) is 95.9 Å². The number of likely N-dealkylation sites (N-methyl/N-ethyl adjacent to an activating group) is 1. The summed E-state index contributed by atoms with van der Waals surface area (Å²) in [5.41, 5.74) is -0.0990. The minimum absolute atomic E-state index is 0.196. The summed E-state index contributed by atoms with van der Waals surface area (Å²) in [6.45, 7) is 20.5. The van der Waals surface area contributed by atoms with Gasteiger partial charge in [-0.25, -0.2) is 19.2 Å². The Kier molecular flexibility index (Phi) is 16.4. The normalized spacial score (nSPS) is 35.0. The van der Waals surface area contributed by atoms with Crippen LogP contribution in [0.25, 0.3) is 0 Å². The van der Waals surface area contributed by atoms with Crippen molar-refractivity contribution in [3.63, 3.8) is 0 Å². The fourth-order valence-corrected chi connectivity index (χ4v) is 8.01. The smallest absolute Gasteiger partial charge is 0.433 e. The lowest BCUT2D eigenvalue weighted by molar-refractivity contribution is -0.359. The Morgan fingerprint density at radius 2 is 1.46 bits per heavy atom. The maximum atomic E-state index is 14.1. The van der Waals surface area contributed by atoms with Crippen molar-refractivity contribution >= 4 is 24.2 Å². The van der Waals surface area contributed by atoms with Crippen molar-refractivity contribution in [3.05, 3.63) is 0 Å². The molecule has 1 aliphatic carbocycles. The van der Waals surface area contributed by atoms with E-state index in [0.717, 1.165) is 4.90 Å². The fourth-order valence-electron chi connectivity index (χ4n) is 8.01. The minimum Gasteiger partial charge on any atom is -0.463 e. The number of ether oxygens (including phenoxy) is 8. The predicted molar refractivity (Wildman–Crippen MR) is 220 cm³/mol. The standard InChI is InChI=1S/C41H73N5O17/c1-36(2,3)60-30(49)24-16-41(42,46(34(51)52)63-32-27(48)29(40(12,54)21-55-32)45(13)35(53)62-38(7,8)9)17-26(47)28(24)58-31-25(44-33(50)61-37(4,5)6)15-14-22(57-31)18-43-19-23-20-56-39(10,11)59-23/h22-29,31-32,43,47-48,54H,14-21,42H2,1-13H3,(H,44,50)(H,51,52)/t22-,23?,24-,25+,26-,27+,28+,29+,31+,32+,40-,41?/m0/s1. The highest BCUT2D eigenvalue weighted by molar-refractivity contribution is 5.74. The van der Waals surface area contributed by atoms with Gasteiger partial charge < -0.3 is 79.6 Å². The van der Waals surface area contributed by atoms with Crippen LogP contribution in [0.3, 0.4) is 0 Å². The summed E-state index contributed by atoms with van der Waals surface area (Å²) in [6, 6.07) is -2.26. The van der Waals surface area contributed by atoms with Crippen LogP contribution in [-0.2, 0) is 47.5 Å². The van der Waals surface area contributed by atoms with Gasteiger partial charge in [0.15, 0.2) is 12.1 Å². The van der Waals surface area contributed by atoms with Crippen molar-refractivity contribution in [2.45, 2.75) is 198 Å². The molecule has 22 nitrogen and oxygen atoms in total. The third kappa shape index (κ3) is 14.7. The van der Waals surface area contributed by atoms with Crippen LogP contribution in [0.1, 0.15) is 109 Å². The van der Waals surface area contributed by atoms with Crippen LogP contribution >= 0.6 is 0 Å². The number of alkyl carbamates (subject to hydrolysis) is 1. The van der Waals surface area contributed by atoms with Crippen LogP contribution in [0, 0.1) is 5.92 Å². The van der Waals surface area contributed by atoms with Crippen molar-refractivity contribution in [3.8, 4) is 0 Å². The molecule has 4 fully saturated rings. The van der Waals surface area contributed by atoms with Crippen LogP contribution in [-0.4, -0.2) is 177 Å². The fraction of sp³-hybridized carbons (Fsp3) is 0.902. The van der Waals surface area contributed by atoms with E-state index in [4.69, 9.17) is 48.5 Å². The molecular formula is C41H73N5O17. The average molecular weight is 908 g/mol. The van der Waals surface area contributed by atoms with Gasteiger partial charge in [0.2, 0.25) is 6.29 Å². The number of hydroxylamine groups is 2. The Morgan fingerprint density at radius 1 is 0.857 bits per heavy atom.